The number of ether oxygens (including phenoxy) is 2. The van der Waals surface area contributed by atoms with Crippen molar-refractivity contribution >= 4 is 22.0 Å². The third kappa shape index (κ3) is 4.87. The summed E-state index contributed by atoms with van der Waals surface area (Å²) < 4.78 is 54.3. The van der Waals surface area contributed by atoms with Gasteiger partial charge in [0.15, 0.2) is 23.1 Å². The molecule has 1 unspecified atom stereocenters. The molecule has 3 aromatic carbocycles. The van der Waals surface area contributed by atoms with Crippen molar-refractivity contribution in [3.05, 3.63) is 83.7 Å². The number of nitrogens with zero attached hydrogens (tertiary/aromatic N) is 2. The van der Waals surface area contributed by atoms with Gasteiger partial charge in [-0.25, -0.2) is 9.38 Å². The zero-order valence-corrected chi connectivity index (χ0v) is 21.3. The number of halogens is 1. The van der Waals surface area contributed by atoms with Crippen LogP contribution in [-0.4, -0.2) is 58.8 Å². The fraction of sp³-hybridized carbons (Fsp3) is 0.231. The molecule has 0 saturated carbocycles. The molecule has 1 atom stereocenters. The van der Waals surface area contributed by atoms with Crippen molar-refractivity contribution in [1.29, 1.82) is 0 Å². The Morgan fingerprint density at radius 2 is 1.73 bits per heavy atom. The van der Waals surface area contributed by atoms with Gasteiger partial charge in [0.2, 0.25) is 0 Å². The van der Waals surface area contributed by atoms with Crippen molar-refractivity contribution in [2.24, 2.45) is 10.7 Å². The number of hydrogen-bond acceptors (Lipinski definition) is 8. The second-order valence-corrected chi connectivity index (χ2v) is 10.00. The number of likely N-dealkylation sites (N-methyl/N-ethyl adjacent to an activating group) is 1. The summed E-state index contributed by atoms with van der Waals surface area (Å²) in [5.41, 5.74) is 6.15. The maximum absolute atomic E-state index is 15.0. The zero-order valence-electron chi connectivity index (χ0n) is 20.5. The number of carbonyl (C=O) groups excluding carboxylic acids is 1. The van der Waals surface area contributed by atoms with Crippen molar-refractivity contribution in [2.45, 2.75) is 5.54 Å². The lowest BCUT2D eigenvalue weighted by molar-refractivity contribution is -0.129. The van der Waals surface area contributed by atoms with E-state index in [0.29, 0.717) is 16.7 Å². The van der Waals surface area contributed by atoms with Crippen LogP contribution in [0, 0.1) is 5.82 Å². The van der Waals surface area contributed by atoms with Crippen LogP contribution in [0.3, 0.4) is 0 Å². The lowest BCUT2D eigenvalue weighted by atomic mass is 9.81. The van der Waals surface area contributed by atoms with Gasteiger partial charge in [-0.05, 0) is 41.0 Å². The molecule has 4 rings (SSSR count). The number of nitrogens with two attached hydrogens (primary N) is 1. The number of guanidine groups is 1. The van der Waals surface area contributed by atoms with Crippen molar-refractivity contribution in [3.63, 3.8) is 0 Å². The standard InChI is InChI=1S/C26H26FN3O6S/c1-30-24(31)26(29-25(30)28,18-10-12-20(13-11-18)36-37(32,33)15-14-34-2)19-7-4-6-17(16-19)21-8-5-9-22(35-3)23(21)27/h4-13,16H,14-15H2,1-3H3,(H2,28,29). The van der Waals surface area contributed by atoms with Gasteiger partial charge in [-0.1, -0.05) is 42.5 Å². The summed E-state index contributed by atoms with van der Waals surface area (Å²) in [5, 5.41) is 0. The molecule has 0 aliphatic carbocycles. The lowest BCUT2D eigenvalue weighted by Crippen LogP contribution is -2.41. The van der Waals surface area contributed by atoms with E-state index < -0.39 is 27.4 Å². The Labute approximate surface area is 214 Å². The predicted molar refractivity (Wildman–Crippen MR) is 136 cm³/mol. The first-order valence-electron chi connectivity index (χ1n) is 11.2. The molecule has 2 N–H and O–H groups in total. The summed E-state index contributed by atoms with van der Waals surface area (Å²) in [6, 6.07) is 17.6. The molecule has 3 aromatic rings. The number of benzene rings is 3. The highest BCUT2D eigenvalue weighted by atomic mass is 32.2. The molecule has 0 saturated heterocycles. The highest BCUT2D eigenvalue weighted by Gasteiger charge is 2.49. The Kier molecular flexibility index (Phi) is 7.19. The monoisotopic (exact) mass is 527 g/mol. The Morgan fingerprint density at radius 3 is 2.35 bits per heavy atom. The quantitative estimate of drug-likeness (QED) is 0.425. The molecule has 0 spiro atoms. The molecule has 9 nitrogen and oxygen atoms in total. The normalized spacial score (nSPS) is 17.6. The molecule has 0 bridgehead atoms. The molecule has 1 heterocycles. The number of rotatable bonds is 9. The summed E-state index contributed by atoms with van der Waals surface area (Å²) >= 11 is 0. The van der Waals surface area contributed by atoms with Gasteiger partial charge in [0.1, 0.15) is 11.5 Å². The highest BCUT2D eigenvalue weighted by Crippen LogP contribution is 2.41. The van der Waals surface area contributed by atoms with Crippen LogP contribution in [-0.2, 0) is 25.2 Å². The molecule has 1 amide bonds. The SMILES string of the molecule is COCCS(=O)(=O)Oc1ccc(C2(c3cccc(-c4cccc(OC)c4F)c3)N=C(N)N(C)C2=O)cc1. The average molecular weight is 528 g/mol. The Hall–Kier alpha value is -3.96. The average Bonchev–Trinajstić information content (AvgIpc) is 3.12. The summed E-state index contributed by atoms with van der Waals surface area (Å²) in [4.78, 5) is 19.4. The number of aliphatic imine (C=N–C) groups is 1. The first-order chi connectivity index (χ1) is 17.6. The van der Waals surface area contributed by atoms with E-state index in [1.165, 1.54) is 44.4 Å². The molecule has 37 heavy (non-hydrogen) atoms. The zero-order chi connectivity index (χ0) is 26.8. The van der Waals surface area contributed by atoms with Crippen LogP contribution in [0.25, 0.3) is 11.1 Å². The maximum atomic E-state index is 15.0. The number of carbonyl (C=O) groups is 1. The topological polar surface area (TPSA) is 121 Å². The molecular formula is C26H26FN3O6S. The fourth-order valence-corrected chi connectivity index (χ4v) is 4.97. The Balaban J connectivity index is 1.80. The summed E-state index contributed by atoms with van der Waals surface area (Å²) in [6.07, 6.45) is 0. The number of hydrogen-bond donors (Lipinski definition) is 1. The van der Waals surface area contributed by atoms with E-state index in [1.54, 1.807) is 48.5 Å². The van der Waals surface area contributed by atoms with Gasteiger partial charge < -0.3 is 19.4 Å². The molecule has 1 aliphatic heterocycles. The minimum Gasteiger partial charge on any atom is -0.494 e. The van der Waals surface area contributed by atoms with E-state index in [4.69, 9.17) is 19.4 Å². The second-order valence-electron chi connectivity index (χ2n) is 8.31. The van der Waals surface area contributed by atoms with Gasteiger partial charge >= 0.3 is 10.1 Å². The smallest absolute Gasteiger partial charge is 0.311 e. The largest absolute Gasteiger partial charge is 0.494 e. The van der Waals surface area contributed by atoms with E-state index in [2.05, 4.69) is 4.99 Å². The molecular weight excluding hydrogens is 501 g/mol. The summed E-state index contributed by atoms with van der Waals surface area (Å²) in [5.74, 6) is -1.11. The summed E-state index contributed by atoms with van der Waals surface area (Å²) in [7, 11) is 0.420. The van der Waals surface area contributed by atoms with Gasteiger partial charge in [0.05, 0.1) is 13.7 Å². The van der Waals surface area contributed by atoms with Gasteiger partial charge in [-0.15, -0.1) is 0 Å². The van der Waals surface area contributed by atoms with Gasteiger partial charge in [0.25, 0.3) is 5.91 Å². The number of methoxy groups -OCH3 is 2. The maximum Gasteiger partial charge on any atom is 0.311 e. The van der Waals surface area contributed by atoms with E-state index in [-0.39, 0.29) is 35.4 Å². The Bertz CT molecular complexity index is 1460. The molecule has 0 fully saturated rings. The highest BCUT2D eigenvalue weighted by molar-refractivity contribution is 7.87. The first kappa shape index (κ1) is 26.1. The third-order valence-electron chi connectivity index (χ3n) is 6.05. The Morgan fingerprint density at radius 1 is 1.03 bits per heavy atom. The molecule has 194 valence electrons. The van der Waals surface area contributed by atoms with E-state index in [1.807, 2.05) is 0 Å². The van der Waals surface area contributed by atoms with Crippen LogP contribution in [0.15, 0.2) is 71.7 Å². The second kappa shape index (κ2) is 10.2. The van der Waals surface area contributed by atoms with Gasteiger partial charge in [-0.3, -0.25) is 9.69 Å². The minimum atomic E-state index is -3.86. The van der Waals surface area contributed by atoms with Crippen LogP contribution in [0.2, 0.25) is 0 Å². The predicted octanol–water partition coefficient (Wildman–Crippen LogP) is 2.89. The molecule has 0 radical (unpaired) electrons. The first-order valence-corrected chi connectivity index (χ1v) is 12.8. The molecule has 0 aromatic heterocycles. The van der Waals surface area contributed by atoms with Crippen molar-refractivity contribution in [3.8, 4) is 22.6 Å². The van der Waals surface area contributed by atoms with E-state index in [9.17, 15) is 13.2 Å². The van der Waals surface area contributed by atoms with Crippen molar-refractivity contribution < 1.29 is 31.3 Å². The number of amides is 1. The van der Waals surface area contributed by atoms with Crippen LogP contribution >= 0.6 is 0 Å². The molecule has 1 aliphatic rings. The van der Waals surface area contributed by atoms with Crippen LogP contribution in [0.5, 0.6) is 11.5 Å². The van der Waals surface area contributed by atoms with Crippen LogP contribution < -0.4 is 14.7 Å². The summed E-state index contributed by atoms with van der Waals surface area (Å²) in [6.45, 7) is -0.0113. The minimum absolute atomic E-state index is 0.00503. The van der Waals surface area contributed by atoms with Gasteiger partial charge in [0, 0.05) is 19.7 Å². The van der Waals surface area contributed by atoms with Crippen LogP contribution in [0.4, 0.5) is 4.39 Å². The van der Waals surface area contributed by atoms with E-state index >= 15 is 4.39 Å². The molecule has 11 heteroatoms. The van der Waals surface area contributed by atoms with E-state index in [0.717, 1.165) is 0 Å². The van der Waals surface area contributed by atoms with Crippen molar-refractivity contribution in [1.82, 2.24) is 4.90 Å². The fourth-order valence-electron chi connectivity index (χ4n) is 4.11. The lowest BCUT2D eigenvalue weighted by Gasteiger charge is -2.26. The van der Waals surface area contributed by atoms with Crippen molar-refractivity contribution in [2.75, 3.05) is 33.6 Å². The van der Waals surface area contributed by atoms with Gasteiger partial charge in [-0.2, -0.15) is 8.42 Å². The van der Waals surface area contributed by atoms with Crippen LogP contribution in [0.1, 0.15) is 11.1 Å². The third-order valence-corrected chi connectivity index (χ3v) is 7.16.